The van der Waals surface area contributed by atoms with E-state index < -0.39 is 0 Å². The summed E-state index contributed by atoms with van der Waals surface area (Å²) >= 11 is 0. The van der Waals surface area contributed by atoms with Crippen molar-refractivity contribution in [2.24, 2.45) is 5.92 Å². The standard InChI is InChI=1S/C15H25NO/c1-5-12(3)10-16(6-2)11-14-9-13(4)7-8-15(14)17/h7-9,12,17H,5-6,10-11H2,1-4H3. The fourth-order valence-corrected chi connectivity index (χ4v) is 1.96. The molecule has 0 aliphatic heterocycles. The smallest absolute Gasteiger partial charge is 0.120 e. The Morgan fingerprint density at radius 2 is 2.00 bits per heavy atom. The normalized spacial score (nSPS) is 13.0. The van der Waals surface area contributed by atoms with Crippen LogP contribution in [0, 0.1) is 12.8 Å². The zero-order valence-electron chi connectivity index (χ0n) is 11.5. The summed E-state index contributed by atoms with van der Waals surface area (Å²) in [5.41, 5.74) is 2.24. The molecule has 1 unspecified atom stereocenters. The van der Waals surface area contributed by atoms with Gasteiger partial charge in [0.2, 0.25) is 0 Å². The van der Waals surface area contributed by atoms with E-state index in [2.05, 4.69) is 38.7 Å². The van der Waals surface area contributed by atoms with Crippen molar-refractivity contribution < 1.29 is 5.11 Å². The minimum atomic E-state index is 0.415. The maximum absolute atomic E-state index is 9.84. The van der Waals surface area contributed by atoms with E-state index in [1.165, 1.54) is 12.0 Å². The van der Waals surface area contributed by atoms with Gasteiger partial charge >= 0.3 is 0 Å². The third-order valence-corrected chi connectivity index (χ3v) is 3.34. The average Bonchev–Trinajstić information content (AvgIpc) is 2.32. The molecule has 2 nitrogen and oxygen atoms in total. The largest absolute Gasteiger partial charge is 0.508 e. The SMILES string of the molecule is CCC(C)CN(CC)Cc1cc(C)ccc1O. The van der Waals surface area contributed by atoms with Crippen LogP contribution >= 0.6 is 0 Å². The van der Waals surface area contributed by atoms with Gasteiger partial charge in [-0.25, -0.2) is 0 Å². The summed E-state index contributed by atoms with van der Waals surface area (Å²) < 4.78 is 0. The molecule has 1 atom stereocenters. The van der Waals surface area contributed by atoms with Gasteiger partial charge in [-0.3, -0.25) is 4.90 Å². The number of benzene rings is 1. The minimum absolute atomic E-state index is 0.415. The lowest BCUT2D eigenvalue weighted by molar-refractivity contribution is 0.235. The van der Waals surface area contributed by atoms with Gasteiger partial charge in [-0.15, -0.1) is 0 Å². The molecule has 0 saturated carbocycles. The third kappa shape index (κ3) is 4.39. The Bertz CT molecular complexity index is 349. The zero-order chi connectivity index (χ0) is 12.8. The summed E-state index contributed by atoms with van der Waals surface area (Å²) in [7, 11) is 0. The molecule has 0 saturated heterocycles. The van der Waals surface area contributed by atoms with Crippen molar-refractivity contribution in [2.75, 3.05) is 13.1 Å². The van der Waals surface area contributed by atoms with Crippen molar-refractivity contribution in [1.82, 2.24) is 4.90 Å². The second kappa shape index (κ2) is 6.65. The average molecular weight is 235 g/mol. The van der Waals surface area contributed by atoms with Crippen LogP contribution in [-0.2, 0) is 6.54 Å². The second-order valence-corrected chi connectivity index (χ2v) is 4.97. The Labute approximate surface area is 105 Å². The number of nitrogens with zero attached hydrogens (tertiary/aromatic N) is 1. The van der Waals surface area contributed by atoms with Crippen LogP contribution in [0.2, 0.25) is 0 Å². The van der Waals surface area contributed by atoms with E-state index in [0.717, 1.165) is 25.2 Å². The number of aromatic hydroxyl groups is 1. The molecular formula is C15H25NO. The molecule has 0 amide bonds. The predicted octanol–water partition coefficient (Wildman–Crippen LogP) is 3.57. The van der Waals surface area contributed by atoms with E-state index in [1.54, 1.807) is 6.07 Å². The Balaban J connectivity index is 2.69. The number of phenolic OH excluding ortho intramolecular Hbond substituents is 1. The lowest BCUT2D eigenvalue weighted by Crippen LogP contribution is -2.27. The molecule has 0 aliphatic carbocycles. The second-order valence-electron chi connectivity index (χ2n) is 4.97. The molecular weight excluding hydrogens is 210 g/mol. The Hall–Kier alpha value is -1.02. The molecule has 0 spiro atoms. The van der Waals surface area contributed by atoms with Gasteiger partial charge in [-0.1, -0.05) is 44.9 Å². The summed E-state index contributed by atoms with van der Waals surface area (Å²) in [5.74, 6) is 1.13. The summed E-state index contributed by atoms with van der Waals surface area (Å²) in [6.07, 6.45) is 1.20. The third-order valence-electron chi connectivity index (χ3n) is 3.34. The van der Waals surface area contributed by atoms with Gasteiger partial charge < -0.3 is 5.11 Å². The Morgan fingerprint density at radius 3 is 2.59 bits per heavy atom. The number of rotatable bonds is 6. The summed E-state index contributed by atoms with van der Waals surface area (Å²) in [4.78, 5) is 2.39. The molecule has 1 aromatic rings. The van der Waals surface area contributed by atoms with Gasteiger partial charge in [0, 0.05) is 18.7 Å². The van der Waals surface area contributed by atoms with Crippen molar-refractivity contribution in [1.29, 1.82) is 0 Å². The molecule has 0 aliphatic rings. The van der Waals surface area contributed by atoms with Crippen LogP contribution in [0.4, 0.5) is 0 Å². The minimum Gasteiger partial charge on any atom is -0.508 e. The van der Waals surface area contributed by atoms with E-state index in [1.807, 2.05) is 6.07 Å². The highest BCUT2D eigenvalue weighted by Crippen LogP contribution is 2.20. The predicted molar refractivity (Wildman–Crippen MR) is 73.2 cm³/mol. The number of hydrogen-bond donors (Lipinski definition) is 1. The quantitative estimate of drug-likeness (QED) is 0.815. The van der Waals surface area contributed by atoms with Crippen molar-refractivity contribution in [3.63, 3.8) is 0 Å². The van der Waals surface area contributed by atoms with Crippen LogP contribution in [0.25, 0.3) is 0 Å². The maximum Gasteiger partial charge on any atom is 0.120 e. The highest BCUT2D eigenvalue weighted by atomic mass is 16.3. The van der Waals surface area contributed by atoms with E-state index in [-0.39, 0.29) is 0 Å². The van der Waals surface area contributed by atoms with Crippen molar-refractivity contribution in [2.45, 2.75) is 40.7 Å². The van der Waals surface area contributed by atoms with Crippen LogP contribution in [-0.4, -0.2) is 23.1 Å². The van der Waals surface area contributed by atoms with Crippen molar-refractivity contribution in [3.8, 4) is 5.75 Å². The fraction of sp³-hybridized carbons (Fsp3) is 0.600. The molecule has 96 valence electrons. The van der Waals surface area contributed by atoms with Gasteiger partial charge in [0.05, 0.1) is 0 Å². The lowest BCUT2D eigenvalue weighted by Gasteiger charge is -2.24. The van der Waals surface area contributed by atoms with Gasteiger partial charge in [0.1, 0.15) is 5.75 Å². The molecule has 0 fully saturated rings. The van der Waals surface area contributed by atoms with Gasteiger partial charge in [-0.2, -0.15) is 0 Å². The first-order valence-electron chi connectivity index (χ1n) is 6.57. The van der Waals surface area contributed by atoms with Gasteiger partial charge in [0.25, 0.3) is 0 Å². The fourth-order valence-electron chi connectivity index (χ4n) is 1.96. The molecule has 0 heterocycles. The molecule has 1 aromatic carbocycles. The van der Waals surface area contributed by atoms with E-state index in [4.69, 9.17) is 0 Å². The van der Waals surface area contributed by atoms with Crippen LogP contribution in [0.5, 0.6) is 5.75 Å². The molecule has 17 heavy (non-hydrogen) atoms. The van der Waals surface area contributed by atoms with Gasteiger partial charge in [0.15, 0.2) is 0 Å². The molecule has 0 radical (unpaired) electrons. The van der Waals surface area contributed by atoms with Crippen LogP contribution in [0.3, 0.4) is 0 Å². The Morgan fingerprint density at radius 1 is 1.29 bits per heavy atom. The highest BCUT2D eigenvalue weighted by molar-refractivity contribution is 5.35. The summed E-state index contributed by atoms with van der Waals surface area (Å²) in [5, 5.41) is 9.84. The highest BCUT2D eigenvalue weighted by Gasteiger charge is 2.10. The van der Waals surface area contributed by atoms with Crippen molar-refractivity contribution in [3.05, 3.63) is 29.3 Å². The molecule has 0 bridgehead atoms. The zero-order valence-corrected chi connectivity index (χ0v) is 11.5. The number of aryl methyl sites for hydroxylation is 1. The monoisotopic (exact) mass is 235 g/mol. The van der Waals surface area contributed by atoms with E-state index >= 15 is 0 Å². The van der Waals surface area contributed by atoms with E-state index in [9.17, 15) is 5.11 Å². The van der Waals surface area contributed by atoms with Crippen molar-refractivity contribution >= 4 is 0 Å². The van der Waals surface area contributed by atoms with Gasteiger partial charge in [-0.05, 0) is 25.5 Å². The first-order chi connectivity index (χ1) is 8.06. The number of hydrogen-bond acceptors (Lipinski definition) is 2. The molecule has 0 aromatic heterocycles. The van der Waals surface area contributed by atoms with Crippen LogP contribution in [0.1, 0.15) is 38.3 Å². The topological polar surface area (TPSA) is 23.5 Å². The Kier molecular flexibility index (Phi) is 5.49. The number of phenols is 1. The summed E-state index contributed by atoms with van der Waals surface area (Å²) in [6, 6.07) is 5.82. The maximum atomic E-state index is 9.84. The first-order valence-corrected chi connectivity index (χ1v) is 6.57. The van der Waals surface area contributed by atoms with Crippen LogP contribution < -0.4 is 0 Å². The van der Waals surface area contributed by atoms with Crippen LogP contribution in [0.15, 0.2) is 18.2 Å². The molecule has 1 rings (SSSR count). The molecule has 2 heteroatoms. The first kappa shape index (κ1) is 14.0. The summed E-state index contributed by atoms with van der Waals surface area (Å²) in [6.45, 7) is 11.7. The molecule has 1 N–H and O–H groups in total. The lowest BCUT2D eigenvalue weighted by atomic mass is 10.1. The van der Waals surface area contributed by atoms with E-state index in [0.29, 0.717) is 11.7 Å².